The Morgan fingerprint density at radius 1 is 1.14 bits per heavy atom. The number of aliphatic hydroxyl groups is 2. The third-order valence-corrected chi connectivity index (χ3v) is 4.20. The van der Waals surface area contributed by atoms with Crippen LogP contribution in [0.2, 0.25) is 0 Å². The van der Waals surface area contributed by atoms with E-state index in [1.165, 1.54) is 4.90 Å². The first kappa shape index (κ1) is 14.3. The Morgan fingerprint density at radius 3 is 2.52 bits per heavy atom. The zero-order chi connectivity index (χ0) is 15.0. The van der Waals surface area contributed by atoms with Gasteiger partial charge in [0.1, 0.15) is 0 Å². The zero-order valence-corrected chi connectivity index (χ0v) is 12.7. The molecule has 4 nitrogen and oxygen atoms in total. The Labute approximate surface area is 130 Å². The molecule has 1 aliphatic rings. The first-order valence-corrected chi connectivity index (χ1v) is 7.35. The van der Waals surface area contributed by atoms with Gasteiger partial charge in [-0.25, -0.2) is 0 Å². The lowest BCUT2D eigenvalue weighted by Crippen LogP contribution is -2.42. The molecule has 0 fully saturated rings. The van der Waals surface area contributed by atoms with E-state index in [1.54, 1.807) is 12.1 Å². The number of hydrogen-bond acceptors (Lipinski definition) is 3. The van der Waals surface area contributed by atoms with Crippen LogP contribution in [0, 0.1) is 0 Å². The highest BCUT2D eigenvalue weighted by molar-refractivity contribution is 9.10. The van der Waals surface area contributed by atoms with Crippen molar-refractivity contribution in [1.29, 1.82) is 0 Å². The number of hydrogen-bond donors (Lipinski definition) is 2. The van der Waals surface area contributed by atoms with Crippen molar-refractivity contribution >= 4 is 27.5 Å². The van der Waals surface area contributed by atoms with Gasteiger partial charge < -0.3 is 15.1 Å². The average Bonchev–Trinajstić information content (AvgIpc) is 2.71. The van der Waals surface area contributed by atoms with Gasteiger partial charge in [0, 0.05) is 10.0 Å². The lowest BCUT2D eigenvalue weighted by atomic mass is 9.97. The van der Waals surface area contributed by atoms with E-state index >= 15 is 0 Å². The summed E-state index contributed by atoms with van der Waals surface area (Å²) >= 11 is 3.33. The number of anilines is 1. The number of carbonyl (C=O) groups excluding carboxylic acids is 1. The molecular weight excluding hydrogens is 334 g/mol. The van der Waals surface area contributed by atoms with Crippen molar-refractivity contribution < 1.29 is 15.0 Å². The molecule has 1 atom stereocenters. The largest absolute Gasteiger partial charge is 0.392 e. The molecule has 3 rings (SSSR count). The van der Waals surface area contributed by atoms with Crippen LogP contribution in [0.3, 0.4) is 0 Å². The van der Waals surface area contributed by atoms with Crippen LogP contribution < -0.4 is 4.90 Å². The van der Waals surface area contributed by atoms with Crippen molar-refractivity contribution in [2.75, 3.05) is 11.5 Å². The van der Waals surface area contributed by atoms with Crippen LogP contribution in [0.15, 0.2) is 53.0 Å². The number of amides is 1. The fourth-order valence-corrected chi connectivity index (χ4v) is 2.96. The van der Waals surface area contributed by atoms with Gasteiger partial charge in [-0.15, -0.1) is 0 Å². The van der Waals surface area contributed by atoms with Crippen LogP contribution in [0.25, 0.3) is 0 Å². The highest BCUT2D eigenvalue weighted by atomic mass is 79.9. The minimum Gasteiger partial charge on any atom is -0.392 e. The van der Waals surface area contributed by atoms with Gasteiger partial charge >= 0.3 is 0 Å². The molecule has 21 heavy (non-hydrogen) atoms. The summed E-state index contributed by atoms with van der Waals surface area (Å²) in [6.45, 7) is -0.281. The van der Waals surface area contributed by atoms with Crippen LogP contribution in [-0.4, -0.2) is 22.7 Å². The number of halogens is 1. The van der Waals surface area contributed by atoms with Gasteiger partial charge in [0.25, 0.3) is 5.91 Å². The van der Waals surface area contributed by atoms with Gasteiger partial charge in [-0.1, -0.05) is 46.3 Å². The smallest absolute Gasteiger partial charge is 0.266 e. The Bertz CT molecular complexity index is 689. The number of rotatable bonds is 3. The van der Waals surface area contributed by atoms with Gasteiger partial charge in [-0.3, -0.25) is 4.79 Å². The second kappa shape index (κ2) is 5.26. The average molecular weight is 348 g/mol. The third kappa shape index (κ3) is 2.27. The standard InChI is InChI=1S/C16H14BrNO3/c17-12-6-7-14-13(8-12)16(21,10-19)15(20)18(14)9-11-4-2-1-3-5-11/h1-8,19,21H,9-10H2. The van der Waals surface area contributed by atoms with Gasteiger partial charge in [-0.05, 0) is 23.8 Å². The van der Waals surface area contributed by atoms with Gasteiger partial charge in [0.2, 0.25) is 0 Å². The predicted octanol–water partition coefficient (Wildman–Crippen LogP) is 2.18. The molecular formula is C16H14BrNO3. The summed E-state index contributed by atoms with van der Waals surface area (Å²) in [4.78, 5) is 14.0. The first-order valence-electron chi connectivity index (χ1n) is 6.55. The van der Waals surface area contributed by atoms with Gasteiger partial charge in [-0.2, -0.15) is 0 Å². The summed E-state index contributed by atoms with van der Waals surface area (Å²) in [5.41, 5.74) is 0.152. The lowest BCUT2D eigenvalue weighted by molar-refractivity contribution is -0.140. The van der Waals surface area contributed by atoms with Crippen LogP contribution in [0.4, 0.5) is 5.69 Å². The van der Waals surface area contributed by atoms with Crippen molar-refractivity contribution in [2.24, 2.45) is 0 Å². The Kier molecular flexibility index (Phi) is 3.57. The number of nitrogens with zero attached hydrogens (tertiary/aromatic N) is 1. The highest BCUT2D eigenvalue weighted by Crippen LogP contribution is 2.42. The predicted molar refractivity (Wildman–Crippen MR) is 82.8 cm³/mol. The summed E-state index contributed by atoms with van der Waals surface area (Å²) < 4.78 is 0.752. The zero-order valence-electron chi connectivity index (χ0n) is 11.2. The van der Waals surface area contributed by atoms with Gasteiger partial charge in [0.05, 0.1) is 18.8 Å². The molecule has 2 N–H and O–H groups in total. The molecule has 1 unspecified atom stereocenters. The number of carbonyl (C=O) groups is 1. The summed E-state index contributed by atoms with van der Waals surface area (Å²) in [6.07, 6.45) is 0. The summed E-state index contributed by atoms with van der Waals surface area (Å²) in [5, 5.41) is 20.0. The quantitative estimate of drug-likeness (QED) is 0.894. The molecule has 1 aliphatic heterocycles. The normalized spacial score (nSPS) is 20.7. The Hall–Kier alpha value is -1.69. The second-order valence-electron chi connectivity index (χ2n) is 5.06. The van der Waals surface area contributed by atoms with Crippen LogP contribution in [-0.2, 0) is 16.9 Å². The van der Waals surface area contributed by atoms with Crippen LogP contribution >= 0.6 is 15.9 Å². The first-order chi connectivity index (χ1) is 10.1. The maximum Gasteiger partial charge on any atom is 0.266 e. The topological polar surface area (TPSA) is 60.8 Å². The molecule has 0 saturated carbocycles. The van der Waals surface area contributed by atoms with Crippen LogP contribution in [0.1, 0.15) is 11.1 Å². The van der Waals surface area contributed by atoms with Crippen LogP contribution in [0.5, 0.6) is 0 Å². The molecule has 0 aromatic heterocycles. The van der Waals surface area contributed by atoms with E-state index in [1.807, 2.05) is 36.4 Å². The summed E-state index contributed by atoms with van der Waals surface area (Å²) in [6, 6.07) is 14.8. The van der Waals surface area contributed by atoms with E-state index in [0.717, 1.165) is 10.0 Å². The third-order valence-electron chi connectivity index (χ3n) is 3.71. The maximum atomic E-state index is 12.5. The lowest BCUT2D eigenvalue weighted by Gasteiger charge is -2.21. The van der Waals surface area contributed by atoms with Crippen molar-refractivity contribution in [3.05, 3.63) is 64.1 Å². The number of benzene rings is 2. The molecule has 0 bridgehead atoms. The minimum atomic E-state index is -1.87. The fraction of sp³-hybridized carbons (Fsp3) is 0.188. The maximum absolute atomic E-state index is 12.5. The van der Waals surface area contributed by atoms with Crippen molar-refractivity contribution in [2.45, 2.75) is 12.1 Å². The fourth-order valence-electron chi connectivity index (χ4n) is 2.60. The molecule has 1 amide bonds. The van der Waals surface area contributed by atoms with E-state index in [2.05, 4.69) is 15.9 Å². The van der Waals surface area contributed by atoms with Crippen molar-refractivity contribution in [3.8, 4) is 0 Å². The molecule has 5 heteroatoms. The Morgan fingerprint density at radius 2 is 1.86 bits per heavy atom. The molecule has 1 heterocycles. The number of aliphatic hydroxyl groups excluding tert-OH is 1. The summed E-state index contributed by atoms with van der Waals surface area (Å²) in [7, 11) is 0. The molecule has 2 aromatic carbocycles. The minimum absolute atomic E-state index is 0.358. The van der Waals surface area contributed by atoms with Crippen molar-refractivity contribution in [3.63, 3.8) is 0 Å². The Balaban J connectivity index is 2.05. The van der Waals surface area contributed by atoms with E-state index in [-0.39, 0.29) is 0 Å². The second-order valence-corrected chi connectivity index (χ2v) is 5.97. The van der Waals surface area contributed by atoms with E-state index in [4.69, 9.17) is 0 Å². The molecule has 0 radical (unpaired) electrons. The van der Waals surface area contributed by atoms with E-state index in [9.17, 15) is 15.0 Å². The molecule has 0 spiro atoms. The van der Waals surface area contributed by atoms with E-state index < -0.39 is 18.1 Å². The number of fused-ring (bicyclic) bond motifs is 1. The van der Waals surface area contributed by atoms with Crippen molar-refractivity contribution in [1.82, 2.24) is 0 Å². The van der Waals surface area contributed by atoms with Gasteiger partial charge in [0.15, 0.2) is 5.60 Å². The highest BCUT2D eigenvalue weighted by Gasteiger charge is 2.49. The molecule has 0 aliphatic carbocycles. The molecule has 2 aromatic rings. The van der Waals surface area contributed by atoms with E-state index in [0.29, 0.717) is 17.8 Å². The SMILES string of the molecule is O=C1N(Cc2ccccc2)c2ccc(Br)cc2C1(O)CO. The molecule has 0 saturated heterocycles. The molecule has 108 valence electrons. The summed E-state index contributed by atoms with van der Waals surface area (Å²) in [5.74, 6) is -0.498. The monoisotopic (exact) mass is 347 g/mol.